The predicted molar refractivity (Wildman–Crippen MR) is 298 cm³/mol. The second-order valence-corrected chi connectivity index (χ2v) is 21.6. The van der Waals surface area contributed by atoms with Crippen LogP contribution in [-0.4, -0.2) is 66.5 Å². The zero-order valence-corrected chi connectivity index (χ0v) is 47.6. The van der Waals surface area contributed by atoms with Crippen LogP contribution < -0.4 is 0 Å². The van der Waals surface area contributed by atoms with Crippen molar-refractivity contribution in [3.05, 3.63) is 36.5 Å². The van der Waals surface area contributed by atoms with Crippen molar-refractivity contribution in [2.75, 3.05) is 26.4 Å². The van der Waals surface area contributed by atoms with Crippen LogP contribution in [0.1, 0.15) is 290 Å². The maximum absolute atomic E-state index is 12.9. The molecular formula is C60H111O11P. The number of aliphatic hydroxyl groups is 1. The standard InChI is InChI=1S/C60H111O11P/c1-4-7-10-13-16-19-22-25-26-27-28-29-30-33-34-37-40-43-46-49-58(62)67-53-57(71-60(64)51-48-45-42-39-36-32-24-21-18-15-12-9-6-3)55-69-72(65,66)68-54-56(52-61)70-59(63)50-47-44-41-38-35-31-23-20-17-14-11-8-5-2/h12,15,20-21,23-24,56-57,61H,4-11,13-14,16-19,22,25-55H2,1-3H3,(H,65,66)/b15-12-,23-20-,24-21-. The number of carbonyl (C=O) groups excluding carboxylic acids is 3. The lowest BCUT2D eigenvalue weighted by Crippen LogP contribution is -2.30. The van der Waals surface area contributed by atoms with Gasteiger partial charge in [-0.05, 0) is 70.6 Å². The van der Waals surface area contributed by atoms with Crippen molar-refractivity contribution in [1.82, 2.24) is 0 Å². The molecule has 0 aromatic heterocycles. The first kappa shape index (κ1) is 69.7. The molecule has 0 aliphatic rings. The highest BCUT2D eigenvalue weighted by Gasteiger charge is 2.28. The average molecular weight is 1040 g/mol. The lowest BCUT2D eigenvalue weighted by molar-refractivity contribution is -0.161. The lowest BCUT2D eigenvalue weighted by Gasteiger charge is -2.21. The van der Waals surface area contributed by atoms with Crippen LogP contribution in [0, 0.1) is 0 Å². The summed E-state index contributed by atoms with van der Waals surface area (Å²) in [5.41, 5.74) is 0. The first-order chi connectivity index (χ1) is 35.2. The average Bonchev–Trinajstić information content (AvgIpc) is 3.37. The van der Waals surface area contributed by atoms with Crippen LogP contribution >= 0.6 is 7.82 Å². The van der Waals surface area contributed by atoms with Crippen molar-refractivity contribution in [2.45, 2.75) is 303 Å². The molecule has 0 radical (unpaired) electrons. The van der Waals surface area contributed by atoms with Gasteiger partial charge in [-0.2, -0.15) is 0 Å². The zero-order chi connectivity index (χ0) is 52.7. The number of phosphoric ester groups is 1. The molecule has 0 saturated heterocycles. The summed E-state index contributed by atoms with van der Waals surface area (Å²) >= 11 is 0. The molecule has 0 heterocycles. The molecule has 72 heavy (non-hydrogen) atoms. The Morgan fingerprint density at radius 2 is 0.708 bits per heavy atom. The Morgan fingerprint density at radius 1 is 0.389 bits per heavy atom. The maximum Gasteiger partial charge on any atom is 0.472 e. The number of unbranched alkanes of at least 4 members (excludes halogenated alkanes) is 33. The predicted octanol–water partition coefficient (Wildman–Crippen LogP) is 17.6. The van der Waals surface area contributed by atoms with Gasteiger partial charge in [0, 0.05) is 19.3 Å². The van der Waals surface area contributed by atoms with E-state index in [2.05, 4.69) is 57.2 Å². The van der Waals surface area contributed by atoms with Gasteiger partial charge in [-0.3, -0.25) is 23.4 Å². The number of aliphatic hydroxyl groups excluding tert-OH is 1. The third-order valence-electron chi connectivity index (χ3n) is 13.0. The first-order valence-corrected chi connectivity index (χ1v) is 31.4. The van der Waals surface area contributed by atoms with E-state index in [-0.39, 0.29) is 25.9 Å². The van der Waals surface area contributed by atoms with Gasteiger partial charge >= 0.3 is 25.7 Å². The molecule has 0 aromatic carbocycles. The Balaban J connectivity index is 4.66. The summed E-state index contributed by atoms with van der Waals surface area (Å²) in [4.78, 5) is 48.5. The van der Waals surface area contributed by atoms with Crippen molar-refractivity contribution in [1.29, 1.82) is 0 Å². The molecule has 0 fully saturated rings. The van der Waals surface area contributed by atoms with Crippen molar-refractivity contribution in [2.24, 2.45) is 0 Å². The molecular weight excluding hydrogens is 928 g/mol. The van der Waals surface area contributed by atoms with Crippen LogP contribution in [0.15, 0.2) is 36.5 Å². The van der Waals surface area contributed by atoms with E-state index < -0.39 is 57.8 Å². The van der Waals surface area contributed by atoms with Gasteiger partial charge in [0.25, 0.3) is 0 Å². The van der Waals surface area contributed by atoms with E-state index >= 15 is 0 Å². The van der Waals surface area contributed by atoms with E-state index in [0.717, 1.165) is 109 Å². The quantitative estimate of drug-likeness (QED) is 0.0197. The summed E-state index contributed by atoms with van der Waals surface area (Å²) in [5, 5.41) is 9.80. The number of allylic oxidation sites excluding steroid dienone is 6. The molecule has 0 aliphatic carbocycles. The van der Waals surface area contributed by atoms with Gasteiger partial charge in [0.2, 0.25) is 0 Å². The fraction of sp³-hybridized carbons (Fsp3) is 0.850. The number of hydrogen-bond donors (Lipinski definition) is 2. The SMILES string of the molecule is CCC/C=C\C/C=C\CCCCCCCC(=O)OC(COC(=O)CCCCCCCCCCCCCCCCCCCCC)COP(=O)(O)OCC(CO)OC(=O)CCCCCCC/C=C\CCCCCC. The molecule has 422 valence electrons. The summed E-state index contributed by atoms with van der Waals surface area (Å²) < 4.78 is 39.5. The normalized spacial score (nSPS) is 13.6. The van der Waals surface area contributed by atoms with Crippen LogP contribution in [0.3, 0.4) is 0 Å². The fourth-order valence-electron chi connectivity index (χ4n) is 8.45. The molecule has 11 nitrogen and oxygen atoms in total. The largest absolute Gasteiger partial charge is 0.472 e. The number of phosphoric acid groups is 1. The summed E-state index contributed by atoms with van der Waals surface area (Å²) in [7, 11) is -4.75. The Labute approximate surface area is 441 Å². The molecule has 12 heteroatoms. The molecule has 0 aliphatic heterocycles. The van der Waals surface area contributed by atoms with Gasteiger partial charge in [0.1, 0.15) is 12.7 Å². The lowest BCUT2D eigenvalue weighted by atomic mass is 10.0. The number of carbonyl (C=O) groups is 3. The number of esters is 3. The van der Waals surface area contributed by atoms with Gasteiger partial charge < -0.3 is 24.2 Å². The second kappa shape index (κ2) is 54.9. The fourth-order valence-corrected chi connectivity index (χ4v) is 9.23. The Kier molecular flexibility index (Phi) is 53.2. The smallest absolute Gasteiger partial charge is 0.462 e. The molecule has 0 aromatic rings. The summed E-state index contributed by atoms with van der Waals surface area (Å²) in [6, 6.07) is 0. The van der Waals surface area contributed by atoms with E-state index in [1.165, 1.54) is 122 Å². The molecule has 3 atom stereocenters. The van der Waals surface area contributed by atoms with Crippen LogP contribution in [0.25, 0.3) is 0 Å². The highest BCUT2D eigenvalue weighted by Crippen LogP contribution is 2.43. The van der Waals surface area contributed by atoms with Crippen LogP contribution in [-0.2, 0) is 42.2 Å². The van der Waals surface area contributed by atoms with E-state index in [4.69, 9.17) is 23.3 Å². The number of rotatable bonds is 56. The van der Waals surface area contributed by atoms with E-state index in [1.54, 1.807) is 0 Å². The summed E-state index contributed by atoms with van der Waals surface area (Å²) in [5.74, 6) is -1.47. The summed E-state index contributed by atoms with van der Waals surface area (Å²) in [6.45, 7) is 4.58. The van der Waals surface area contributed by atoms with Gasteiger partial charge in [0.15, 0.2) is 6.10 Å². The molecule has 3 unspecified atom stereocenters. The molecule has 0 rings (SSSR count). The Bertz CT molecular complexity index is 1350. The van der Waals surface area contributed by atoms with Crippen LogP contribution in [0.5, 0.6) is 0 Å². The van der Waals surface area contributed by atoms with E-state index in [1.807, 2.05) is 0 Å². The summed E-state index contributed by atoms with van der Waals surface area (Å²) in [6.07, 6.45) is 56.8. The van der Waals surface area contributed by atoms with E-state index in [9.17, 15) is 28.9 Å². The van der Waals surface area contributed by atoms with Crippen molar-refractivity contribution in [3.63, 3.8) is 0 Å². The minimum Gasteiger partial charge on any atom is -0.462 e. The third kappa shape index (κ3) is 52.6. The Morgan fingerprint density at radius 3 is 1.11 bits per heavy atom. The molecule has 0 spiro atoms. The molecule has 0 amide bonds. The van der Waals surface area contributed by atoms with Crippen molar-refractivity contribution >= 4 is 25.7 Å². The van der Waals surface area contributed by atoms with Gasteiger partial charge in [-0.1, -0.05) is 237 Å². The monoisotopic (exact) mass is 1040 g/mol. The van der Waals surface area contributed by atoms with Gasteiger partial charge in [-0.15, -0.1) is 0 Å². The van der Waals surface area contributed by atoms with Crippen molar-refractivity contribution < 1.29 is 52.2 Å². The molecule has 0 saturated carbocycles. The zero-order valence-electron chi connectivity index (χ0n) is 46.7. The van der Waals surface area contributed by atoms with Gasteiger partial charge in [0.05, 0.1) is 19.8 Å². The van der Waals surface area contributed by atoms with E-state index in [0.29, 0.717) is 19.3 Å². The highest BCUT2D eigenvalue weighted by atomic mass is 31.2. The van der Waals surface area contributed by atoms with Crippen molar-refractivity contribution in [3.8, 4) is 0 Å². The molecule has 0 bridgehead atoms. The minimum atomic E-state index is -4.75. The maximum atomic E-state index is 12.9. The Hall–Kier alpha value is -2.30. The number of hydrogen-bond acceptors (Lipinski definition) is 10. The van der Waals surface area contributed by atoms with Crippen LogP contribution in [0.4, 0.5) is 0 Å². The minimum absolute atomic E-state index is 0.154. The van der Waals surface area contributed by atoms with Gasteiger partial charge in [-0.25, -0.2) is 4.57 Å². The van der Waals surface area contributed by atoms with Crippen LogP contribution in [0.2, 0.25) is 0 Å². The third-order valence-corrected chi connectivity index (χ3v) is 14.0. The highest BCUT2D eigenvalue weighted by molar-refractivity contribution is 7.47. The second-order valence-electron chi connectivity index (χ2n) is 20.2. The topological polar surface area (TPSA) is 155 Å². The first-order valence-electron chi connectivity index (χ1n) is 29.9. The molecule has 2 N–H and O–H groups in total. The number of ether oxygens (including phenoxy) is 3.